The minimum Gasteiger partial charge on any atom is -0.339 e. The fourth-order valence-electron chi connectivity index (χ4n) is 3.16. The third-order valence-electron chi connectivity index (χ3n) is 4.33. The van der Waals surface area contributed by atoms with Crippen LogP contribution in [0.25, 0.3) is 0 Å². The largest absolute Gasteiger partial charge is 0.339 e. The van der Waals surface area contributed by atoms with Crippen LogP contribution in [0.4, 0.5) is 10.7 Å². The Morgan fingerprint density at radius 1 is 1.21 bits per heavy atom. The molecule has 1 atom stereocenters. The summed E-state index contributed by atoms with van der Waals surface area (Å²) in [4.78, 5) is 36.9. The SMILES string of the molecule is CC1=C(C(=O)N2CCCN(c3ncccn3)CC2)C(C)NC(=O)N1. The van der Waals surface area contributed by atoms with Crippen molar-refractivity contribution in [2.45, 2.75) is 26.3 Å². The molecule has 3 amide bonds. The van der Waals surface area contributed by atoms with Gasteiger partial charge in [-0.1, -0.05) is 0 Å². The van der Waals surface area contributed by atoms with Gasteiger partial charge in [0.2, 0.25) is 5.95 Å². The fraction of sp³-hybridized carbons (Fsp3) is 0.500. The second-order valence-corrected chi connectivity index (χ2v) is 6.04. The number of rotatable bonds is 2. The Hall–Kier alpha value is -2.64. The quantitative estimate of drug-likeness (QED) is 0.824. The van der Waals surface area contributed by atoms with Gasteiger partial charge in [-0.3, -0.25) is 4.79 Å². The molecule has 1 unspecified atom stereocenters. The molecule has 1 aromatic rings. The topological polar surface area (TPSA) is 90.5 Å². The molecule has 0 saturated carbocycles. The predicted octanol–water partition coefficient (Wildman–Crippen LogP) is 0.491. The Morgan fingerprint density at radius 2 is 1.96 bits per heavy atom. The van der Waals surface area contributed by atoms with Crippen molar-refractivity contribution >= 4 is 17.9 Å². The molecule has 0 aliphatic carbocycles. The van der Waals surface area contributed by atoms with Crippen molar-refractivity contribution in [3.8, 4) is 0 Å². The first-order chi connectivity index (χ1) is 11.6. The van der Waals surface area contributed by atoms with E-state index in [-0.39, 0.29) is 18.0 Å². The molecule has 2 aliphatic rings. The number of amides is 3. The van der Waals surface area contributed by atoms with Crippen LogP contribution in [0.3, 0.4) is 0 Å². The summed E-state index contributed by atoms with van der Waals surface area (Å²) in [5.74, 6) is 0.672. The van der Waals surface area contributed by atoms with Gasteiger partial charge < -0.3 is 20.4 Å². The van der Waals surface area contributed by atoms with Gasteiger partial charge in [-0.25, -0.2) is 14.8 Å². The van der Waals surface area contributed by atoms with Gasteiger partial charge in [0.15, 0.2) is 0 Å². The highest BCUT2D eigenvalue weighted by molar-refractivity contribution is 5.98. The third-order valence-corrected chi connectivity index (χ3v) is 4.33. The van der Waals surface area contributed by atoms with Crippen LogP contribution in [0.1, 0.15) is 20.3 Å². The molecule has 1 saturated heterocycles. The van der Waals surface area contributed by atoms with Gasteiger partial charge in [0.05, 0.1) is 11.6 Å². The number of urea groups is 1. The van der Waals surface area contributed by atoms with Gasteiger partial charge in [0, 0.05) is 44.3 Å². The van der Waals surface area contributed by atoms with Crippen molar-refractivity contribution in [1.82, 2.24) is 25.5 Å². The zero-order chi connectivity index (χ0) is 17.1. The first kappa shape index (κ1) is 16.2. The van der Waals surface area contributed by atoms with E-state index >= 15 is 0 Å². The number of nitrogens with zero attached hydrogens (tertiary/aromatic N) is 4. The summed E-state index contributed by atoms with van der Waals surface area (Å²) in [5.41, 5.74) is 1.25. The molecule has 2 N–H and O–H groups in total. The van der Waals surface area contributed by atoms with E-state index < -0.39 is 0 Å². The van der Waals surface area contributed by atoms with Crippen LogP contribution in [0, 0.1) is 0 Å². The molecule has 0 radical (unpaired) electrons. The number of carbonyl (C=O) groups is 2. The van der Waals surface area contributed by atoms with Gasteiger partial charge in [0.1, 0.15) is 0 Å². The van der Waals surface area contributed by atoms with Crippen LogP contribution < -0.4 is 15.5 Å². The lowest BCUT2D eigenvalue weighted by atomic mass is 10.0. The molecule has 0 aromatic carbocycles. The Kier molecular flexibility index (Phi) is 4.64. The summed E-state index contributed by atoms with van der Waals surface area (Å²) in [5, 5.41) is 5.43. The van der Waals surface area contributed by atoms with E-state index in [1.54, 1.807) is 25.4 Å². The molecule has 128 valence electrons. The zero-order valence-electron chi connectivity index (χ0n) is 14.0. The second-order valence-electron chi connectivity index (χ2n) is 6.04. The van der Waals surface area contributed by atoms with E-state index in [1.165, 1.54) is 0 Å². The zero-order valence-corrected chi connectivity index (χ0v) is 14.0. The fourth-order valence-corrected chi connectivity index (χ4v) is 3.16. The molecule has 3 heterocycles. The molecule has 3 rings (SSSR count). The first-order valence-electron chi connectivity index (χ1n) is 8.16. The summed E-state index contributed by atoms with van der Waals surface area (Å²) < 4.78 is 0. The Labute approximate surface area is 140 Å². The number of anilines is 1. The Morgan fingerprint density at radius 3 is 2.67 bits per heavy atom. The second kappa shape index (κ2) is 6.86. The summed E-state index contributed by atoms with van der Waals surface area (Å²) in [6.07, 6.45) is 4.30. The number of carbonyl (C=O) groups excluding carboxylic acids is 2. The minimum absolute atomic E-state index is 0.0247. The number of hydrogen-bond acceptors (Lipinski definition) is 5. The molecular weight excluding hydrogens is 308 g/mol. The number of hydrogen-bond donors (Lipinski definition) is 2. The average molecular weight is 330 g/mol. The molecule has 2 aliphatic heterocycles. The number of allylic oxidation sites excluding steroid dienone is 1. The lowest BCUT2D eigenvalue weighted by Crippen LogP contribution is -2.51. The lowest BCUT2D eigenvalue weighted by molar-refractivity contribution is -0.127. The van der Waals surface area contributed by atoms with E-state index in [2.05, 4.69) is 25.5 Å². The highest BCUT2D eigenvalue weighted by Gasteiger charge is 2.30. The molecule has 24 heavy (non-hydrogen) atoms. The summed E-state index contributed by atoms with van der Waals surface area (Å²) in [7, 11) is 0. The van der Waals surface area contributed by atoms with E-state index in [1.807, 2.05) is 11.8 Å². The van der Waals surface area contributed by atoms with Gasteiger partial charge >= 0.3 is 6.03 Å². The van der Waals surface area contributed by atoms with Crippen LogP contribution in [-0.4, -0.2) is 59.0 Å². The summed E-state index contributed by atoms with van der Waals surface area (Å²) >= 11 is 0. The number of nitrogens with one attached hydrogen (secondary N) is 2. The molecular formula is C16H22N6O2. The maximum atomic E-state index is 12.9. The highest BCUT2D eigenvalue weighted by Crippen LogP contribution is 2.17. The van der Waals surface area contributed by atoms with Crippen LogP contribution in [-0.2, 0) is 4.79 Å². The lowest BCUT2D eigenvalue weighted by Gasteiger charge is -2.30. The van der Waals surface area contributed by atoms with Crippen molar-refractivity contribution in [3.05, 3.63) is 29.7 Å². The molecule has 0 spiro atoms. The smallest absolute Gasteiger partial charge is 0.319 e. The van der Waals surface area contributed by atoms with Crippen LogP contribution in [0.5, 0.6) is 0 Å². The molecule has 1 aromatic heterocycles. The van der Waals surface area contributed by atoms with E-state index in [0.717, 1.165) is 13.0 Å². The van der Waals surface area contributed by atoms with Crippen molar-refractivity contribution in [1.29, 1.82) is 0 Å². The minimum atomic E-state index is -0.289. The molecule has 0 bridgehead atoms. The standard InChI is InChI=1S/C16H22N6O2/c1-11-13(12(2)20-16(24)19-11)14(23)21-7-4-8-22(10-9-21)15-17-5-3-6-18-15/h3,5-6,11H,4,7-10H2,1-2H3,(H2,19,20,24). The Bertz CT molecular complexity index is 660. The van der Waals surface area contributed by atoms with E-state index in [0.29, 0.717) is 36.9 Å². The maximum absolute atomic E-state index is 12.9. The Balaban J connectivity index is 1.71. The van der Waals surface area contributed by atoms with Crippen LogP contribution in [0.2, 0.25) is 0 Å². The maximum Gasteiger partial charge on any atom is 0.319 e. The van der Waals surface area contributed by atoms with Crippen molar-refractivity contribution in [2.75, 3.05) is 31.1 Å². The highest BCUT2D eigenvalue weighted by atomic mass is 16.2. The van der Waals surface area contributed by atoms with Crippen LogP contribution in [0.15, 0.2) is 29.7 Å². The van der Waals surface area contributed by atoms with E-state index in [9.17, 15) is 9.59 Å². The van der Waals surface area contributed by atoms with Crippen LogP contribution >= 0.6 is 0 Å². The van der Waals surface area contributed by atoms with Crippen molar-refractivity contribution in [3.63, 3.8) is 0 Å². The van der Waals surface area contributed by atoms with Gasteiger partial charge in [0.25, 0.3) is 5.91 Å². The van der Waals surface area contributed by atoms with Crippen molar-refractivity contribution < 1.29 is 9.59 Å². The van der Waals surface area contributed by atoms with E-state index in [4.69, 9.17) is 0 Å². The van der Waals surface area contributed by atoms with Gasteiger partial charge in [-0.05, 0) is 26.3 Å². The average Bonchev–Trinajstić information content (AvgIpc) is 2.80. The van der Waals surface area contributed by atoms with Gasteiger partial charge in [-0.2, -0.15) is 0 Å². The van der Waals surface area contributed by atoms with Crippen molar-refractivity contribution in [2.24, 2.45) is 0 Å². The molecule has 8 nitrogen and oxygen atoms in total. The predicted molar refractivity (Wildman–Crippen MR) is 89.3 cm³/mol. The van der Waals surface area contributed by atoms with Gasteiger partial charge in [-0.15, -0.1) is 0 Å². The molecule has 8 heteroatoms. The first-order valence-corrected chi connectivity index (χ1v) is 8.16. The molecule has 1 fully saturated rings. The monoisotopic (exact) mass is 330 g/mol. The number of aromatic nitrogens is 2. The normalized spacial score (nSPS) is 21.9. The summed E-state index contributed by atoms with van der Waals surface area (Å²) in [6.45, 7) is 6.39. The summed E-state index contributed by atoms with van der Waals surface area (Å²) in [6, 6.07) is 1.24. The third kappa shape index (κ3) is 3.32.